The number of ether oxygens (including phenoxy) is 1. The number of nitrogens with zero attached hydrogens (tertiary/aromatic N) is 2. The van der Waals surface area contributed by atoms with Crippen LogP contribution in [0.5, 0.6) is 0 Å². The van der Waals surface area contributed by atoms with Gasteiger partial charge in [-0.1, -0.05) is 13.8 Å². The Kier molecular flexibility index (Phi) is 7.18. The molecule has 2 aromatic rings. The molecule has 0 aliphatic carbocycles. The van der Waals surface area contributed by atoms with Crippen LogP contribution in [0.3, 0.4) is 0 Å². The van der Waals surface area contributed by atoms with Crippen molar-refractivity contribution in [2.45, 2.75) is 38.6 Å². The quantitative estimate of drug-likeness (QED) is 0.653. The number of benzene rings is 1. The molecule has 9 heteroatoms. The summed E-state index contributed by atoms with van der Waals surface area (Å²) >= 11 is 0. The molecule has 1 aromatic carbocycles. The van der Waals surface area contributed by atoms with Crippen molar-refractivity contribution in [1.82, 2.24) is 14.2 Å². The Labute approximate surface area is 183 Å². The van der Waals surface area contributed by atoms with Gasteiger partial charge in [0.2, 0.25) is 15.5 Å². The summed E-state index contributed by atoms with van der Waals surface area (Å²) in [4.78, 5) is 25.7. The molecular weight excluding hydrogens is 418 g/mol. The van der Waals surface area contributed by atoms with Crippen LogP contribution in [0.25, 0.3) is 10.9 Å². The van der Waals surface area contributed by atoms with Crippen molar-refractivity contribution in [3.63, 3.8) is 0 Å². The standard InChI is InChI=1S/C22H31N3O5S/c1-5-24-14-19(22(27)23-8-9-30-4)21(26)18-11-17(6-7-20(18)24)31(28,29)25-12-15(2)10-16(3)13-25/h6-7,11,14-16H,5,8-10,12-13H2,1-4H3,(H,23,27)/t15-,16+. The van der Waals surface area contributed by atoms with Crippen LogP contribution in [-0.2, 0) is 21.3 Å². The normalized spacial score (nSPS) is 20.1. The number of carbonyl (C=O) groups is 1. The van der Waals surface area contributed by atoms with E-state index >= 15 is 0 Å². The summed E-state index contributed by atoms with van der Waals surface area (Å²) in [7, 11) is -2.21. The van der Waals surface area contributed by atoms with Crippen molar-refractivity contribution < 1.29 is 17.9 Å². The second kappa shape index (κ2) is 9.50. The van der Waals surface area contributed by atoms with Crippen molar-refractivity contribution >= 4 is 26.8 Å². The molecule has 2 heterocycles. The Bertz CT molecular complexity index is 1120. The lowest BCUT2D eigenvalue weighted by atomic mass is 9.94. The molecule has 1 aromatic heterocycles. The van der Waals surface area contributed by atoms with Crippen LogP contribution in [0, 0.1) is 11.8 Å². The van der Waals surface area contributed by atoms with Gasteiger partial charge in [-0.3, -0.25) is 9.59 Å². The Balaban J connectivity index is 2.07. The molecule has 1 N–H and O–H groups in total. The monoisotopic (exact) mass is 449 g/mol. The maximum absolute atomic E-state index is 13.3. The van der Waals surface area contributed by atoms with Gasteiger partial charge >= 0.3 is 0 Å². The first-order valence-corrected chi connectivity index (χ1v) is 12.1. The number of sulfonamides is 1. The highest BCUT2D eigenvalue weighted by molar-refractivity contribution is 7.89. The molecule has 0 bridgehead atoms. The Hall–Kier alpha value is -2.23. The van der Waals surface area contributed by atoms with Crippen LogP contribution in [0.4, 0.5) is 0 Å². The summed E-state index contributed by atoms with van der Waals surface area (Å²) < 4.78 is 34.8. The van der Waals surface area contributed by atoms with Gasteiger partial charge in [0.25, 0.3) is 5.91 Å². The van der Waals surface area contributed by atoms with E-state index in [1.165, 1.54) is 23.7 Å². The molecule has 1 saturated heterocycles. The van der Waals surface area contributed by atoms with Crippen molar-refractivity contribution in [3.8, 4) is 0 Å². The zero-order valence-electron chi connectivity index (χ0n) is 18.6. The van der Waals surface area contributed by atoms with E-state index in [1.807, 2.05) is 20.8 Å². The summed E-state index contributed by atoms with van der Waals surface area (Å²) in [6.07, 6.45) is 2.52. The van der Waals surface area contributed by atoms with E-state index in [9.17, 15) is 18.0 Å². The SMILES string of the molecule is CCn1cc(C(=O)NCCOC)c(=O)c2cc(S(=O)(=O)N3C[C@H](C)C[C@H](C)C3)ccc21. The van der Waals surface area contributed by atoms with Gasteiger partial charge in [0.15, 0.2) is 0 Å². The Morgan fingerprint density at radius 1 is 1.23 bits per heavy atom. The van der Waals surface area contributed by atoms with Gasteiger partial charge in [0, 0.05) is 44.9 Å². The highest BCUT2D eigenvalue weighted by Gasteiger charge is 2.32. The van der Waals surface area contributed by atoms with Crippen LogP contribution in [0.15, 0.2) is 34.1 Å². The number of fused-ring (bicyclic) bond motifs is 1. The van der Waals surface area contributed by atoms with E-state index in [0.29, 0.717) is 31.8 Å². The van der Waals surface area contributed by atoms with Crippen molar-refractivity contribution in [2.75, 3.05) is 33.4 Å². The molecule has 2 atom stereocenters. The number of rotatable bonds is 7. The number of aryl methyl sites for hydroxylation is 1. The van der Waals surface area contributed by atoms with Gasteiger partial charge in [-0.05, 0) is 43.4 Å². The lowest BCUT2D eigenvalue weighted by molar-refractivity contribution is 0.0935. The number of hydrogen-bond donors (Lipinski definition) is 1. The zero-order chi connectivity index (χ0) is 22.8. The molecule has 31 heavy (non-hydrogen) atoms. The van der Waals surface area contributed by atoms with Gasteiger partial charge in [0.05, 0.1) is 17.0 Å². The molecule has 8 nitrogen and oxygen atoms in total. The molecule has 170 valence electrons. The molecule has 1 fully saturated rings. The summed E-state index contributed by atoms with van der Waals surface area (Å²) in [5.74, 6) is 0.0514. The number of amides is 1. The average Bonchev–Trinajstić information content (AvgIpc) is 2.73. The van der Waals surface area contributed by atoms with E-state index in [4.69, 9.17) is 4.74 Å². The molecule has 0 unspecified atom stereocenters. The van der Waals surface area contributed by atoms with Crippen LogP contribution in [0.2, 0.25) is 0 Å². The van der Waals surface area contributed by atoms with E-state index in [2.05, 4.69) is 5.32 Å². The zero-order valence-corrected chi connectivity index (χ0v) is 19.4. The second-order valence-corrected chi connectivity index (χ2v) is 10.3. The highest BCUT2D eigenvalue weighted by Crippen LogP contribution is 2.28. The molecular formula is C22H31N3O5S. The highest BCUT2D eigenvalue weighted by atomic mass is 32.2. The summed E-state index contributed by atoms with van der Waals surface area (Å²) in [5.41, 5.74) is 0.104. The fourth-order valence-electron chi connectivity index (χ4n) is 4.27. The molecule has 1 aliphatic heterocycles. The van der Waals surface area contributed by atoms with Gasteiger partial charge < -0.3 is 14.6 Å². The van der Waals surface area contributed by atoms with Crippen LogP contribution in [-0.4, -0.2) is 56.5 Å². The van der Waals surface area contributed by atoms with E-state index in [1.54, 1.807) is 16.7 Å². The lowest BCUT2D eigenvalue weighted by Crippen LogP contribution is -2.42. The minimum Gasteiger partial charge on any atom is -0.383 e. The van der Waals surface area contributed by atoms with Crippen LogP contribution >= 0.6 is 0 Å². The van der Waals surface area contributed by atoms with Crippen molar-refractivity contribution in [2.24, 2.45) is 11.8 Å². The fraction of sp³-hybridized carbons (Fsp3) is 0.545. The first-order chi connectivity index (χ1) is 14.7. The first kappa shape index (κ1) is 23.4. The van der Waals surface area contributed by atoms with Crippen molar-refractivity contribution in [3.05, 3.63) is 40.2 Å². The smallest absolute Gasteiger partial charge is 0.256 e. The number of pyridine rings is 1. The number of piperidine rings is 1. The number of methoxy groups -OCH3 is 1. The number of aromatic nitrogens is 1. The molecule has 1 aliphatic rings. The van der Waals surface area contributed by atoms with Crippen LogP contribution < -0.4 is 10.7 Å². The average molecular weight is 450 g/mol. The summed E-state index contributed by atoms with van der Waals surface area (Å²) in [5, 5.41) is 2.88. The predicted molar refractivity (Wildman–Crippen MR) is 120 cm³/mol. The first-order valence-electron chi connectivity index (χ1n) is 10.6. The van der Waals surface area contributed by atoms with Gasteiger partial charge in [-0.2, -0.15) is 4.31 Å². The Morgan fingerprint density at radius 3 is 2.52 bits per heavy atom. The third kappa shape index (κ3) is 4.83. The number of carbonyl (C=O) groups excluding carboxylic acids is 1. The lowest BCUT2D eigenvalue weighted by Gasteiger charge is -2.34. The minimum absolute atomic E-state index is 0.0137. The predicted octanol–water partition coefficient (Wildman–Crippen LogP) is 2.06. The maximum atomic E-state index is 13.3. The van der Waals surface area contributed by atoms with E-state index in [0.717, 1.165) is 6.42 Å². The van der Waals surface area contributed by atoms with Crippen LogP contribution in [0.1, 0.15) is 37.6 Å². The molecule has 1 amide bonds. The number of hydrogen-bond acceptors (Lipinski definition) is 5. The third-order valence-electron chi connectivity index (χ3n) is 5.70. The molecule has 0 spiro atoms. The van der Waals surface area contributed by atoms with E-state index in [-0.39, 0.29) is 34.2 Å². The van der Waals surface area contributed by atoms with Crippen molar-refractivity contribution in [1.29, 1.82) is 0 Å². The second-order valence-electron chi connectivity index (χ2n) is 8.35. The van der Waals surface area contributed by atoms with Gasteiger partial charge in [-0.25, -0.2) is 8.42 Å². The third-order valence-corrected chi connectivity index (χ3v) is 7.53. The maximum Gasteiger partial charge on any atom is 0.256 e. The number of nitrogens with one attached hydrogen (secondary N) is 1. The molecule has 0 saturated carbocycles. The largest absolute Gasteiger partial charge is 0.383 e. The topological polar surface area (TPSA) is 97.7 Å². The van der Waals surface area contributed by atoms with Gasteiger partial charge in [-0.15, -0.1) is 0 Å². The summed E-state index contributed by atoms with van der Waals surface area (Å²) in [6.45, 7) is 8.06. The fourth-order valence-corrected chi connectivity index (χ4v) is 5.98. The van der Waals surface area contributed by atoms with E-state index < -0.39 is 21.4 Å². The minimum atomic E-state index is -3.74. The molecule has 0 radical (unpaired) electrons. The summed E-state index contributed by atoms with van der Waals surface area (Å²) in [6, 6.07) is 4.61. The Morgan fingerprint density at radius 2 is 1.90 bits per heavy atom. The van der Waals surface area contributed by atoms with Gasteiger partial charge in [0.1, 0.15) is 5.56 Å². The molecule has 3 rings (SSSR count).